The maximum atomic E-state index is 12.4. The highest BCUT2D eigenvalue weighted by atomic mass is 32.2. The van der Waals surface area contributed by atoms with E-state index in [4.69, 9.17) is 5.84 Å². The van der Waals surface area contributed by atoms with Crippen molar-refractivity contribution in [2.45, 2.75) is 19.4 Å². The summed E-state index contributed by atoms with van der Waals surface area (Å²) >= 11 is 1.72. The minimum absolute atomic E-state index is 0.0660. The van der Waals surface area contributed by atoms with Gasteiger partial charge in [-0.25, -0.2) is 0 Å². The number of nitro groups is 1. The van der Waals surface area contributed by atoms with E-state index in [-0.39, 0.29) is 28.9 Å². The summed E-state index contributed by atoms with van der Waals surface area (Å²) in [5.74, 6) is 5.94. The SMILES string of the molecule is CSCCC(C)N(C)C(=O)c1ccc(NN)c([N+](=O)[O-])c1. The maximum Gasteiger partial charge on any atom is 0.294 e. The fourth-order valence-electron chi connectivity index (χ4n) is 1.82. The van der Waals surface area contributed by atoms with Crippen molar-refractivity contribution in [3.05, 3.63) is 33.9 Å². The summed E-state index contributed by atoms with van der Waals surface area (Å²) in [6.07, 6.45) is 2.88. The molecule has 116 valence electrons. The predicted molar refractivity (Wildman–Crippen MR) is 85.5 cm³/mol. The van der Waals surface area contributed by atoms with Gasteiger partial charge in [0.25, 0.3) is 11.6 Å². The zero-order chi connectivity index (χ0) is 16.0. The first-order valence-corrected chi connectivity index (χ1v) is 7.82. The van der Waals surface area contributed by atoms with Gasteiger partial charge >= 0.3 is 0 Å². The van der Waals surface area contributed by atoms with Gasteiger partial charge in [0.2, 0.25) is 0 Å². The summed E-state index contributed by atoms with van der Waals surface area (Å²) in [6, 6.07) is 4.28. The third kappa shape index (κ3) is 4.33. The molecule has 1 amide bonds. The molecule has 1 rings (SSSR count). The van der Waals surface area contributed by atoms with Crippen molar-refractivity contribution in [1.29, 1.82) is 0 Å². The van der Waals surface area contributed by atoms with Crippen LogP contribution in [0.15, 0.2) is 18.2 Å². The summed E-state index contributed by atoms with van der Waals surface area (Å²) in [7, 11) is 1.70. The van der Waals surface area contributed by atoms with E-state index < -0.39 is 4.92 Å². The van der Waals surface area contributed by atoms with Crippen LogP contribution in [-0.4, -0.2) is 40.8 Å². The molecule has 0 saturated carbocycles. The van der Waals surface area contributed by atoms with Crippen LogP contribution in [0.5, 0.6) is 0 Å². The number of nitrogens with zero attached hydrogens (tertiary/aromatic N) is 2. The first-order valence-electron chi connectivity index (χ1n) is 6.43. The van der Waals surface area contributed by atoms with Crippen LogP contribution in [0.25, 0.3) is 0 Å². The molecule has 1 aromatic carbocycles. The number of nitrogens with two attached hydrogens (primary N) is 1. The smallest absolute Gasteiger partial charge is 0.294 e. The van der Waals surface area contributed by atoms with Crippen molar-refractivity contribution in [2.24, 2.45) is 5.84 Å². The van der Waals surface area contributed by atoms with Gasteiger partial charge in [0.05, 0.1) is 4.92 Å². The Balaban J connectivity index is 2.97. The largest absolute Gasteiger partial charge is 0.339 e. The van der Waals surface area contributed by atoms with Crippen LogP contribution in [0.1, 0.15) is 23.7 Å². The Morgan fingerprint density at radius 2 is 2.24 bits per heavy atom. The number of carbonyl (C=O) groups excluding carboxylic acids is 1. The van der Waals surface area contributed by atoms with Crippen molar-refractivity contribution in [2.75, 3.05) is 24.5 Å². The zero-order valence-corrected chi connectivity index (χ0v) is 13.1. The molecule has 0 spiro atoms. The second kappa shape index (κ2) is 7.84. The number of nitrogen functional groups attached to an aromatic ring is 1. The molecule has 0 saturated heterocycles. The second-order valence-electron chi connectivity index (χ2n) is 4.68. The number of benzene rings is 1. The zero-order valence-electron chi connectivity index (χ0n) is 12.3. The molecule has 0 heterocycles. The number of carbonyl (C=O) groups is 1. The highest BCUT2D eigenvalue weighted by molar-refractivity contribution is 7.98. The van der Waals surface area contributed by atoms with Gasteiger partial charge in [-0.1, -0.05) is 0 Å². The van der Waals surface area contributed by atoms with Crippen LogP contribution in [0.2, 0.25) is 0 Å². The van der Waals surface area contributed by atoms with Crippen LogP contribution >= 0.6 is 11.8 Å². The first kappa shape index (κ1) is 17.3. The van der Waals surface area contributed by atoms with Crippen LogP contribution in [0.3, 0.4) is 0 Å². The molecule has 7 nitrogen and oxygen atoms in total. The number of nitrogens with one attached hydrogen (secondary N) is 1. The Morgan fingerprint density at radius 3 is 2.76 bits per heavy atom. The van der Waals surface area contributed by atoms with E-state index in [9.17, 15) is 14.9 Å². The van der Waals surface area contributed by atoms with E-state index in [1.165, 1.54) is 18.2 Å². The molecule has 0 aliphatic carbocycles. The summed E-state index contributed by atoms with van der Waals surface area (Å²) in [4.78, 5) is 24.4. The van der Waals surface area contributed by atoms with Gasteiger partial charge in [0, 0.05) is 24.7 Å². The van der Waals surface area contributed by atoms with Gasteiger partial charge in [-0.05, 0) is 37.5 Å². The topological polar surface area (TPSA) is 102 Å². The average Bonchev–Trinajstić information content (AvgIpc) is 2.50. The van der Waals surface area contributed by atoms with Gasteiger partial charge in [-0.15, -0.1) is 0 Å². The van der Waals surface area contributed by atoms with E-state index in [1.54, 1.807) is 23.7 Å². The Labute approximate surface area is 128 Å². The van der Waals surface area contributed by atoms with Crippen LogP contribution < -0.4 is 11.3 Å². The number of thioether (sulfide) groups is 1. The van der Waals surface area contributed by atoms with Crippen LogP contribution in [0.4, 0.5) is 11.4 Å². The molecule has 0 bridgehead atoms. The standard InChI is InChI=1S/C13H20N4O3S/c1-9(6-7-21-3)16(2)13(18)10-4-5-11(15-14)12(8-10)17(19)20/h4-5,8-9,15H,6-7,14H2,1-3H3. The number of hydrazine groups is 1. The molecule has 8 heteroatoms. The third-order valence-corrected chi connectivity index (χ3v) is 3.96. The first-order chi connectivity index (χ1) is 9.92. The molecule has 0 radical (unpaired) electrons. The number of rotatable bonds is 7. The summed E-state index contributed by atoms with van der Waals surface area (Å²) in [5.41, 5.74) is 2.49. The van der Waals surface area contributed by atoms with Gasteiger partial charge in [-0.2, -0.15) is 11.8 Å². The van der Waals surface area contributed by atoms with E-state index in [0.29, 0.717) is 0 Å². The Kier molecular flexibility index (Phi) is 6.44. The number of amides is 1. The maximum absolute atomic E-state index is 12.4. The Bertz CT molecular complexity index is 524. The van der Waals surface area contributed by atoms with Crippen molar-refractivity contribution >= 4 is 29.0 Å². The molecule has 1 atom stereocenters. The number of nitro benzene ring substituents is 1. The number of anilines is 1. The fraction of sp³-hybridized carbons (Fsp3) is 0.462. The lowest BCUT2D eigenvalue weighted by molar-refractivity contribution is -0.384. The molecular formula is C13H20N4O3S. The van der Waals surface area contributed by atoms with Crippen molar-refractivity contribution in [3.8, 4) is 0 Å². The molecule has 3 N–H and O–H groups in total. The van der Waals surface area contributed by atoms with Crippen molar-refractivity contribution < 1.29 is 9.72 Å². The van der Waals surface area contributed by atoms with Gasteiger partial charge < -0.3 is 10.3 Å². The Morgan fingerprint density at radius 1 is 1.57 bits per heavy atom. The van der Waals surface area contributed by atoms with Crippen LogP contribution in [0, 0.1) is 10.1 Å². The van der Waals surface area contributed by atoms with Crippen molar-refractivity contribution in [3.63, 3.8) is 0 Å². The molecule has 0 aliphatic rings. The summed E-state index contributed by atoms with van der Waals surface area (Å²) < 4.78 is 0. The monoisotopic (exact) mass is 312 g/mol. The van der Waals surface area contributed by atoms with E-state index in [0.717, 1.165) is 12.2 Å². The highest BCUT2D eigenvalue weighted by Gasteiger charge is 2.21. The quantitative estimate of drug-likeness (QED) is 0.454. The number of hydrogen-bond acceptors (Lipinski definition) is 6. The minimum atomic E-state index is -0.566. The summed E-state index contributed by atoms with van der Waals surface area (Å²) in [5, 5.41) is 11.0. The molecule has 0 fully saturated rings. The molecule has 21 heavy (non-hydrogen) atoms. The molecule has 1 unspecified atom stereocenters. The van der Waals surface area contributed by atoms with E-state index in [1.807, 2.05) is 13.2 Å². The lowest BCUT2D eigenvalue weighted by Gasteiger charge is -2.25. The molecule has 0 aliphatic heterocycles. The van der Waals surface area contributed by atoms with E-state index >= 15 is 0 Å². The Hall–Kier alpha value is -1.80. The van der Waals surface area contributed by atoms with Gasteiger partial charge in [0.1, 0.15) is 5.69 Å². The fourth-order valence-corrected chi connectivity index (χ4v) is 2.40. The molecule has 0 aromatic heterocycles. The van der Waals surface area contributed by atoms with Gasteiger partial charge in [0.15, 0.2) is 0 Å². The third-order valence-electron chi connectivity index (χ3n) is 3.32. The molecular weight excluding hydrogens is 292 g/mol. The van der Waals surface area contributed by atoms with E-state index in [2.05, 4.69) is 5.43 Å². The van der Waals surface area contributed by atoms with Gasteiger partial charge in [-0.3, -0.25) is 20.8 Å². The lowest BCUT2D eigenvalue weighted by atomic mass is 10.1. The van der Waals surface area contributed by atoms with Crippen LogP contribution in [-0.2, 0) is 0 Å². The normalized spacial score (nSPS) is 11.8. The average molecular weight is 312 g/mol. The summed E-state index contributed by atoms with van der Waals surface area (Å²) in [6.45, 7) is 1.96. The highest BCUT2D eigenvalue weighted by Crippen LogP contribution is 2.25. The lowest BCUT2D eigenvalue weighted by Crippen LogP contribution is -2.35. The molecule has 1 aromatic rings. The predicted octanol–water partition coefficient (Wildman–Crippen LogP) is 2.09. The second-order valence-corrected chi connectivity index (χ2v) is 5.67. The van der Waals surface area contributed by atoms with Crippen molar-refractivity contribution in [1.82, 2.24) is 4.90 Å². The number of hydrogen-bond donors (Lipinski definition) is 2. The minimum Gasteiger partial charge on any atom is -0.339 e.